The number of rotatable bonds is 3. The third kappa shape index (κ3) is 2.70. The monoisotopic (exact) mass is 310 g/mol. The molecule has 24 heavy (non-hydrogen) atoms. The maximum atomic E-state index is 10.7. The highest BCUT2D eigenvalue weighted by Gasteiger charge is 2.07. The van der Waals surface area contributed by atoms with Gasteiger partial charge in [0.1, 0.15) is 0 Å². The first-order valence-corrected chi connectivity index (χ1v) is 8.14. The lowest BCUT2D eigenvalue weighted by atomic mass is 9.99. The van der Waals surface area contributed by atoms with E-state index in [0.717, 1.165) is 21.9 Å². The van der Waals surface area contributed by atoms with E-state index in [0.29, 0.717) is 0 Å². The van der Waals surface area contributed by atoms with Gasteiger partial charge in [-0.1, -0.05) is 97.1 Å². The molecule has 0 spiro atoms. The first-order chi connectivity index (χ1) is 11.8. The Balaban J connectivity index is 1.72. The lowest BCUT2D eigenvalue weighted by molar-refractivity contribution is 0.231. The fraction of sp³-hybridized carbons (Fsp3) is 0.0435. The van der Waals surface area contributed by atoms with Crippen molar-refractivity contribution in [1.82, 2.24) is 0 Å². The van der Waals surface area contributed by atoms with Gasteiger partial charge in [-0.2, -0.15) is 0 Å². The van der Waals surface area contributed by atoms with Gasteiger partial charge in [-0.15, -0.1) is 0 Å². The summed E-state index contributed by atoms with van der Waals surface area (Å²) in [6.45, 7) is 0. The maximum absolute atomic E-state index is 10.7. The lowest BCUT2D eigenvalue weighted by Gasteiger charge is -2.10. The highest BCUT2D eigenvalue weighted by molar-refractivity contribution is 5.91. The number of aliphatic hydroxyl groups excluding tert-OH is 1. The molecule has 1 nitrogen and oxygen atoms in total. The van der Waals surface area contributed by atoms with Crippen LogP contribution in [0.5, 0.6) is 0 Å². The molecule has 1 N–H and O–H groups in total. The van der Waals surface area contributed by atoms with E-state index in [1.165, 1.54) is 10.8 Å². The van der Waals surface area contributed by atoms with Crippen LogP contribution in [0.1, 0.15) is 17.2 Å². The van der Waals surface area contributed by atoms with Crippen LogP contribution in [0.2, 0.25) is 0 Å². The van der Waals surface area contributed by atoms with Crippen LogP contribution in [0.4, 0.5) is 0 Å². The Labute approximate surface area is 141 Å². The predicted molar refractivity (Wildman–Crippen MR) is 102 cm³/mol. The van der Waals surface area contributed by atoms with Gasteiger partial charge < -0.3 is 5.11 Å². The second-order valence-electron chi connectivity index (χ2n) is 5.94. The van der Waals surface area contributed by atoms with Crippen molar-refractivity contribution >= 4 is 27.6 Å². The fourth-order valence-electron chi connectivity index (χ4n) is 3.20. The molecule has 0 amide bonds. The standard InChI is InChI=1S/C23H18O/c24-23(22-14-6-11-18-8-2-4-13-21(18)22)16-15-19-10-5-9-17-7-1-3-12-20(17)19/h1-16,23-24H/b16-15+. The molecular formula is C23H18O. The molecule has 0 saturated carbocycles. The van der Waals surface area contributed by atoms with Gasteiger partial charge in [0.15, 0.2) is 0 Å². The molecule has 1 unspecified atom stereocenters. The smallest absolute Gasteiger partial charge is 0.0981 e. The first kappa shape index (κ1) is 14.7. The van der Waals surface area contributed by atoms with Crippen LogP contribution < -0.4 is 0 Å². The Bertz CT molecular complexity index is 1020. The minimum Gasteiger partial charge on any atom is -0.384 e. The molecule has 0 aliphatic heterocycles. The first-order valence-electron chi connectivity index (χ1n) is 8.14. The average Bonchev–Trinajstić information content (AvgIpc) is 2.65. The Hall–Kier alpha value is -2.90. The number of fused-ring (bicyclic) bond motifs is 2. The molecule has 0 saturated heterocycles. The van der Waals surface area contributed by atoms with Crippen molar-refractivity contribution < 1.29 is 5.11 Å². The molecule has 4 rings (SSSR count). The van der Waals surface area contributed by atoms with Gasteiger partial charge in [-0.25, -0.2) is 0 Å². The van der Waals surface area contributed by atoms with Gasteiger partial charge in [-0.3, -0.25) is 0 Å². The summed E-state index contributed by atoms with van der Waals surface area (Å²) < 4.78 is 0. The van der Waals surface area contributed by atoms with Crippen molar-refractivity contribution in [3.05, 3.63) is 102 Å². The SMILES string of the molecule is OC(/C=C/c1cccc2ccccc12)c1cccc2ccccc12. The molecule has 0 radical (unpaired) electrons. The summed E-state index contributed by atoms with van der Waals surface area (Å²) in [5.41, 5.74) is 2.05. The zero-order valence-corrected chi connectivity index (χ0v) is 13.3. The zero-order chi connectivity index (χ0) is 16.4. The van der Waals surface area contributed by atoms with E-state index >= 15 is 0 Å². The van der Waals surface area contributed by atoms with Gasteiger partial charge in [-0.05, 0) is 32.7 Å². The molecular weight excluding hydrogens is 292 g/mol. The van der Waals surface area contributed by atoms with Gasteiger partial charge in [0.2, 0.25) is 0 Å². The molecule has 0 fully saturated rings. The van der Waals surface area contributed by atoms with Crippen molar-refractivity contribution in [3.8, 4) is 0 Å². The minimum atomic E-state index is -0.630. The third-order valence-corrected chi connectivity index (χ3v) is 4.42. The van der Waals surface area contributed by atoms with Crippen molar-refractivity contribution in [2.75, 3.05) is 0 Å². The van der Waals surface area contributed by atoms with Crippen molar-refractivity contribution in [2.24, 2.45) is 0 Å². The van der Waals surface area contributed by atoms with Crippen LogP contribution in [-0.2, 0) is 0 Å². The number of hydrogen-bond donors (Lipinski definition) is 1. The zero-order valence-electron chi connectivity index (χ0n) is 13.3. The summed E-state index contributed by atoms with van der Waals surface area (Å²) >= 11 is 0. The van der Waals surface area contributed by atoms with E-state index in [1.807, 2.05) is 54.6 Å². The highest BCUT2D eigenvalue weighted by atomic mass is 16.3. The fourth-order valence-corrected chi connectivity index (χ4v) is 3.20. The topological polar surface area (TPSA) is 20.2 Å². The van der Waals surface area contributed by atoms with E-state index in [-0.39, 0.29) is 0 Å². The molecule has 0 aromatic heterocycles. The molecule has 4 aromatic carbocycles. The van der Waals surface area contributed by atoms with Crippen molar-refractivity contribution in [3.63, 3.8) is 0 Å². The van der Waals surface area contributed by atoms with Crippen LogP contribution in [0.25, 0.3) is 27.6 Å². The van der Waals surface area contributed by atoms with Gasteiger partial charge in [0, 0.05) is 0 Å². The highest BCUT2D eigenvalue weighted by Crippen LogP contribution is 2.26. The molecule has 1 atom stereocenters. The molecule has 0 heterocycles. The normalized spacial score (nSPS) is 12.9. The molecule has 0 aliphatic carbocycles. The Kier molecular flexibility index (Phi) is 3.86. The van der Waals surface area contributed by atoms with Crippen LogP contribution in [0, 0.1) is 0 Å². The number of aliphatic hydroxyl groups is 1. The Morgan fingerprint density at radius 3 is 2.00 bits per heavy atom. The number of benzene rings is 4. The second-order valence-corrected chi connectivity index (χ2v) is 5.94. The predicted octanol–water partition coefficient (Wildman–Crippen LogP) is 5.74. The third-order valence-electron chi connectivity index (χ3n) is 4.42. The van der Waals surface area contributed by atoms with Gasteiger partial charge >= 0.3 is 0 Å². The molecule has 0 aliphatic rings. The molecule has 116 valence electrons. The summed E-state index contributed by atoms with van der Waals surface area (Å²) in [5.74, 6) is 0. The summed E-state index contributed by atoms with van der Waals surface area (Å²) in [4.78, 5) is 0. The summed E-state index contributed by atoms with van der Waals surface area (Å²) in [5, 5.41) is 15.3. The van der Waals surface area contributed by atoms with Crippen LogP contribution in [0.3, 0.4) is 0 Å². The largest absolute Gasteiger partial charge is 0.384 e. The quantitative estimate of drug-likeness (QED) is 0.511. The maximum Gasteiger partial charge on any atom is 0.0981 e. The molecule has 0 bridgehead atoms. The Morgan fingerprint density at radius 2 is 1.21 bits per heavy atom. The van der Waals surface area contributed by atoms with E-state index in [2.05, 4.69) is 42.5 Å². The van der Waals surface area contributed by atoms with E-state index in [1.54, 1.807) is 0 Å². The van der Waals surface area contributed by atoms with E-state index < -0.39 is 6.10 Å². The minimum absolute atomic E-state index is 0.630. The summed E-state index contributed by atoms with van der Waals surface area (Å²) in [6.07, 6.45) is 3.24. The van der Waals surface area contributed by atoms with Gasteiger partial charge in [0.05, 0.1) is 6.10 Å². The lowest BCUT2D eigenvalue weighted by Crippen LogP contribution is -1.94. The average molecular weight is 310 g/mol. The Morgan fingerprint density at radius 1 is 0.625 bits per heavy atom. The summed E-state index contributed by atoms with van der Waals surface area (Å²) in [6, 6.07) is 28.7. The van der Waals surface area contributed by atoms with E-state index in [4.69, 9.17) is 0 Å². The van der Waals surface area contributed by atoms with E-state index in [9.17, 15) is 5.11 Å². The summed E-state index contributed by atoms with van der Waals surface area (Å²) in [7, 11) is 0. The number of hydrogen-bond acceptors (Lipinski definition) is 1. The van der Waals surface area contributed by atoms with Crippen LogP contribution in [0.15, 0.2) is 91.0 Å². The van der Waals surface area contributed by atoms with Crippen LogP contribution >= 0.6 is 0 Å². The van der Waals surface area contributed by atoms with Crippen molar-refractivity contribution in [1.29, 1.82) is 0 Å². The second kappa shape index (κ2) is 6.31. The molecule has 1 heteroatoms. The molecule has 4 aromatic rings. The van der Waals surface area contributed by atoms with Crippen LogP contribution in [-0.4, -0.2) is 5.11 Å². The van der Waals surface area contributed by atoms with Crippen molar-refractivity contribution in [2.45, 2.75) is 6.10 Å². The van der Waals surface area contributed by atoms with Gasteiger partial charge in [0.25, 0.3) is 0 Å².